The Hall–Kier alpha value is -3.60. The summed E-state index contributed by atoms with van der Waals surface area (Å²) in [5.41, 5.74) is 5.10. The van der Waals surface area contributed by atoms with E-state index in [1.807, 2.05) is 0 Å². The molecule has 0 aliphatic carbocycles. The molecule has 2 aromatic rings. The van der Waals surface area contributed by atoms with Crippen molar-refractivity contribution in [1.82, 2.24) is 0 Å². The molecule has 1 aliphatic heterocycles. The predicted octanol–water partition coefficient (Wildman–Crippen LogP) is 0.701. The van der Waals surface area contributed by atoms with Crippen LogP contribution >= 0.6 is 0 Å². The number of benzene rings is 2. The van der Waals surface area contributed by atoms with Gasteiger partial charge in [0.15, 0.2) is 6.10 Å². The molecule has 0 saturated carbocycles. The van der Waals surface area contributed by atoms with Gasteiger partial charge in [0.2, 0.25) is 0 Å². The fourth-order valence-electron chi connectivity index (χ4n) is 2.96. The molecule has 2 N–H and O–H groups in total. The van der Waals surface area contributed by atoms with Gasteiger partial charge in [-0.1, -0.05) is 12.1 Å². The van der Waals surface area contributed by atoms with Gasteiger partial charge in [0.05, 0.1) is 37.6 Å². The number of para-hydroxylation sites is 2. The number of nitrogens with two attached hydrogens (primary N) is 1. The highest BCUT2D eigenvalue weighted by Gasteiger charge is 2.38. The third kappa shape index (κ3) is 3.66. The largest absolute Gasteiger partial charge is 0.476 e. The number of anilines is 1. The van der Waals surface area contributed by atoms with Crippen LogP contribution in [0.5, 0.6) is 5.75 Å². The second-order valence-electron chi connectivity index (χ2n) is 6.21. The van der Waals surface area contributed by atoms with E-state index in [1.165, 1.54) is 18.2 Å². The molecular formula is C19H18N2O8S. The Morgan fingerprint density at radius 2 is 1.73 bits per heavy atom. The Bertz CT molecular complexity index is 1130. The molecule has 0 fully saturated rings. The number of nitrogens with zero attached hydrogens (tertiary/aromatic N) is 1. The highest BCUT2D eigenvalue weighted by atomic mass is 32.2. The molecule has 3 rings (SSSR count). The van der Waals surface area contributed by atoms with Gasteiger partial charge < -0.3 is 19.9 Å². The number of esters is 2. The van der Waals surface area contributed by atoms with Crippen LogP contribution in [0.25, 0.3) is 0 Å². The smallest absolute Gasteiger partial charge is 0.339 e. The number of amides is 1. The molecule has 0 unspecified atom stereocenters. The molecule has 1 amide bonds. The molecule has 0 bridgehead atoms. The predicted molar refractivity (Wildman–Crippen MR) is 104 cm³/mol. The minimum atomic E-state index is -4.45. The first-order valence-corrected chi connectivity index (χ1v) is 10.0. The molecule has 1 heterocycles. The number of primary amides is 1. The SMILES string of the molecule is COC(=O)c1ccc(C(=O)OC)c(S(=O)(=O)N2C[C@H](C(N)=O)Oc3ccccc32)c1. The Balaban J connectivity index is 2.22. The number of rotatable bonds is 5. The summed E-state index contributed by atoms with van der Waals surface area (Å²) in [7, 11) is -2.22. The fourth-order valence-corrected chi connectivity index (χ4v) is 4.64. The monoisotopic (exact) mass is 434 g/mol. The summed E-state index contributed by atoms with van der Waals surface area (Å²) in [6.45, 7) is -0.419. The number of hydrogen-bond donors (Lipinski definition) is 1. The minimum Gasteiger partial charge on any atom is -0.476 e. The molecule has 1 atom stereocenters. The maximum Gasteiger partial charge on any atom is 0.339 e. The summed E-state index contributed by atoms with van der Waals surface area (Å²) in [4.78, 5) is 35.4. The van der Waals surface area contributed by atoms with E-state index in [2.05, 4.69) is 9.47 Å². The van der Waals surface area contributed by atoms with Gasteiger partial charge in [-0.3, -0.25) is 9.10 Å². The van der Waals surface area contributed by atoms with Gasteiger partial charge in [0.25, 0.3) is 15.9 Å². The van der Waals surface area contributed by atoms with Crippen LogP contribution in [-0.2, 0) is 24.3 Å². The molecule has 1 aliphatic rings. The van der Waals surface area contributed by atoms with Crippen molar-refractivity contribution in [2.24, 2.45) is 5.73 Å². The van der Waals surface area contributed by atoms with Gasteiger partial charge in [-0.25, -0.2) is 18.0 Å². The number of sulfonamides is 1. The molecule has 158 valence electrons. The molecule has 10 nitrogen and oxygen atoms in total. The van der Waals surface area contributed by atoms with E-state index in [-0.39, 0.29) is 22.6 Å². The number of carbonyl (C=O) groups is 3. The number of hydrogen-bond acceptors (Lipinski definition) is 8. The second-order valence-corrected chi connectivity index (χ2v) is 8.04. The fraction of sp³-hybridized carbons (Fsp3) is 0.211. The van der Waals surface area contributed by atoms with Crippen molar-refractivity contribution >= 4 is 33.6 Å². The average Bonchev–Trinajstić information content (AvgIpc) is 2.76. The molecule has 0 spiro atoms. The van der Waals surface area contributed by atoms with E-state index in [4.69, 9.17) is 10.5 Å². The lowest BCUT2D eigenvalue weighted by Crippen LogP contribution is -2.49. The van der Waals surface area contributed by atoms with Gasteiger partial charge in [-0.15, -0.1) is 0 Å². The van der Waals surface area contributed by atoms with Crippen molar-refractivity contribution in [1.29, 1.82) is 0 Å². The zero-order chi connectivity index (χ0) is 22.1. The van der Waals surface area contributed by atoms with Crippen molar-refractivity contribution in [2.45, 2.75) is 11.0 Å². The quantitative estimate of drug-likeness (QED) is 0.678. The number of ether oxygens (including phenoxy) is 3. The van der Waals surface area contributed by atoms with E-state index >= 15 is 0 Å². The van der Waals surface area contributed by atoms with E-state index in [1.54, 1.807) is 12.1 Å². The molecule has 11 heteroatoms. The number of carbonyl (C=O) groups excluding carboxylic acids is 3. The van der Waals surface area contributed by atoms with Crippen molar-refractivity contribution in [3.8, 4) is 5.75 Å². The van der Waals surface area contributed by atoms with Gasteiger partial charge >= 0.3 is 11.9 Å². The maximum atomic E-state index is 13.6. The first-order valence-electron chi connectivity index (χ1n) is 8.59. The third-order valence-electron chi connectivity index (χ3n) is 4.43. The van der Waals surface area contributed by atoms with E-state index in [0.717, 1.165) is 30.7 Å². The molecular weight excluding hydrogens is 416 g/mol. The minimum absolute atomic E-state index is 0.0864. The summed E-state index contributed by atoms with van der Waals surface area (Å²) < 4.78 is 42.9. The molecule has 0 radical (unpaired) electrons. The lowest BCUT2D eigenvalue weighted by molar-refractivity contribution is -0.124. The maximum absolute atomic E-state index is 13.6. The molecule has 0 saturated heterocycles. The van der Waals surface area contributed by atoms with Crippen LogP contribution in [0, 0.1) is 0 Å². The number of methoxy groups -OCH3 is 2. The van der Waals surface area contributed by atoms with Gasteiger partial charge in [0, 0.05) is 0 Å². The van der Waals surface area contributed by atoms with Crippen LogP contribution in [-0.4, -0.2) is 53.1 Å². The third-order valence-corrected chi connectivity index (χ3v) is 6.25. The molecule has 2 aromatic carbocycles. The van der Waals surface area contributed by atoms with Crippen molar-refractivity contribution in [2.75, 3.05) is 25.1 Å². The summed E-state index contributed by atoms with van der Waals surface area (Å²) in [5.74, 6) is -2.45. The average molecular weight is 434 g/mol. The highest BCUT2D eigenvalue weighted by molar-refractivity contribution is 7.93. The van der Waals surface area contributed by atoms with Crippen LogP contribution in [0.1, 0.15) is 20.7 Å². The highest BCUT2D eigenvalue weighted by Crippen LogP contribution is 2.37. The van der Waals surface area contributed by atoms with E-state index in [9.17, 15) is 22.8 Å². The standard InChI is InChI=1S/C19H18N2O8S/c1-27-18(23)11-7-8-12(19(24)28-2)16(9-11)30(25,26)21-10-15(17(20)22)29-14-6-4-3-5-13(14)21/h3-9,15H,10H2,1-2H3,(H2,20,22)/t15-/m1/s1. The van der Waals surface area contributed by atoms with Crippen LogP contribution in [0.3, 0.4) is 0 Å². The Kier molecular flexibility index (Phi) is 5.65. The van der Waals surface area contributed by atoms with E-state index in [0.29, 0.717) is 0 Å². The van der Waals surface area contributed by atoms with Crippen molar-refractivity contribution in [3.05, 3.63) is 53.6 Å². The molecule has 0 aromatic heterocycles. The normalized spacial score (nSPS) is 15.5. The lowest BCUT2D eigenvalue weighted by atomic mass is 10.1. The Morgan fingerprint density at radius 1 is 1.07 bits per heavy atom. The summed E-state index contributed by atoms with van der Waals surface area (Å²) >= 11 is 0. The Morgan fingerprint density at radius 3 is 2.37 bits per heavy atom. The van der Waals surface area contributed by atoms with Crippen LogP contribution < -0.4 is 14.8 Å². The first-order chi connectivity index (χ1) is 14.2. The summed E-state index contributed by atoms with van der Waals surface area (Å²) in [6, 6.07) is 9.57. The van der Waals surface area contributed by atoms with Crippen LogP contribution in [0.15, 0.2) is 47.4 Å². The topological polar surface area (TPSA) is 142 Å². The van der Waals surface area contributed by atoms with Gasteiger partial charge in [-0.05, 0) is 30.3 Å². The summed E-state index contributed by atoms with van der Waals surface area (Å²) in [5, 5.41) is 0. The van der Waals surface area contributed by atoms with Crippen molar-refractivity contribution in [3.63, 3.8) is 0 Å². The second kappa shape index (κ2) is 8.03. The summed E-state index contributed by atoms with van der Waals surface area (Å²) in [6.07, 6.45) is -1.25. The van der Waals surface area contributed by atoms with Crippen LogP contribution in [0.4, 0.5) is 5.69 Å². The number of fused-ring (bicyclic) bond motifs is 1. The zero-order valence-electron chi connectivity index (χ0n) is 16.0. The molecule has 30 heavy (non-hydrogen) atoms. The Labute approximate surface area is 172 Å². The lowest BCUT2D eigenvalue weighted by Gasteiger charge is -2.34. The van der Waals surface area contributed by atoms with Crippen molar-refractivity contribution < 1.29 is 37.0 Å². The zero-order valence-corrected chi connectivity index (χ0v) is 16.8. The van der Waals surface area contributed by atoms with Crippen LogP contribution in [0.2, 0.25) is 0 Å². The van der Waals surface area contributed by atoms with Gasteiger partial charge in [0.1, 0.15) is 10.6 Å². The van der Waals surface area contributed by atoms with E-state index < -0.39 is 45.4 Å². The van der Waals surface area contributed by atoms with Gasteiger partial charge in [-0.2, -0.15) is 0 Å². The first kappa shape index (κ1) is 21.1.